The highest BCUT2D eigenvalue weighted by Crippen LogP contribution is 2.40. The summed E-state index contributed by atoms with van der Waals surface area (Å²) in [4.78, 5) is 0. The van der Waals surface area contributed by atoms with E-state index in [-0.39, 0.29) is 0 Å². The lowest BCUT2D eigenvalue weighted by Gasteiger charge is -2.30. The molecule has 0 rings (SSSR count). The van der Waals surface area contributed by atoms with Crippen molar-refractivity contribution in [3.05, 3.63) is 0 Å². The van der Waals surface area contributed by atoms with Crippen LogP contribution in [0.25, 0.3) is 0 Å². The number of unbranched alkanes of at least 4 members (excludes halogenated alkanes) is 5. The first-order valence-corrected chi connectivity index (χ1v) is 6.74. The van der Waals surface area contributed by atoms with Crippen molar-refractivity contribution in [2.75, 3.05) is 0 Å². The summed E-state index contributed by atoms with van der Waals surface area (Å²) >= 11 is 17.0. The third-order valence-corrected chi connectivity index (χ3v) is 3.85. The minimum absolute atomic E-state index is 0.537. The molecular formula is C11H21Cl3O. The Balaban J connectivity index is 3.58. The number of aliphatic hydroxyl groups is 1. The van der Waals surface area contributed by atoms with E-state index in [1.807, 2.05) is 0 Å². The van der Waals surface area contributed by atoms with E-state index in [9.17, 15) is 5.11 Å². The van der Waals surface area contributed by atoms with Crippen molar-refractivity contribution in [1.29, 1.82) is 0 Å². The molecule has 0 heterocycles. The predicted octanol–water partition coefficient (Wildman–Crippen LogP) is 4.86. The van der Waals surface area contributed by atoms with E-state index in [0.717, 1.165) is 12.8 Å². The van der Waals surface area contributed by atoms with Gasteiger partial charge in [0.1, 0.15) is 5.60 Å². The van der Waals surface area contributed by atoms with E-state index in [2.05, 4.69) is 6.92 Å². The van der Waals surface area contributed by atoms with E-state index >= 15 is 0 Å². The molecule has 1 unspecified atom stereocenters. The fraction of sp³-hybridized carbons (Fsp3) is 1.00. The van der Waals surface area contributed by atoms with Gasteiger partial charge in [0.05, 0.1) is 0 Å². The molecular weight excluding hydrogens is 254 g/mol. The van der Waals surface area contributed by atoms with Gasteiger partial charge in [-0.25, -0.2) is 0 Å². The number of hydrogen-bond donors (Lipinski definition) is 1. The van der Waals surface area contributed by atoms with Crippen LogP contribution in [0.3, 0.4) is 0 Å². The van der Waals surface area contributed by atoms with E-state index in [0.29, 0.717) is 6.42 Å². The first-order chi connectivity index (χ1) is 6.81. The summed E-state index contributed by atoms with van der Waals surface area (Å²) in [6.07, 6.45) is 7.51. The normalized spacial score (nSPS) is 16.4. The molecule has 1 atom stereocenters. The smallest absolute Gasteiger partial charge is 0.218 e. The molecule has 1 nitrogen and oxygen atoms in total. The quantitative estimate of drug-likeness (QED) is 0.520. The monoisotopic (exact) mass is 274 g/mol. The van der Waals surface area contributed by atoms with Crippen LogP contribution in [-0.2, 0) is 0 Å². The van der Waals surface area contributed by atoms with Gasteiger partial charge in [0, 0.05) is 0 Å². The summed E-state index contributed by atoms with van der Waals surface area (Å²) in [5.74, 6) is 0. The summed E-state index contributed by atoms with van der Waals surface area (Å²) < 4.78 is -1.59. The third-order valence-electron chi connectivity index (χ3n) is 2.63. The van der Waals surface area contributed by atoms with Crippen molar-refractivity contribution >= 4 is 34.8 Å². The predicted molar refractivity (Wildman–Crippen MR) is 68.9 cm³/mol. The van der Waals surface area contributed by atoms with Crippen LogP contribution in [0, 0.1) is 0 Å². The highest BCUT2D eigenvalue weighted by atomic mass is 35.6. The molecule has 0 radical (unpaired) electrons. The largest absolute Gasteiger partial charge is 0.386 e. The molecule has 0 bridgehead atoms. The van der Waals surface area contributed by atoms with Gasteiger partial charge in [-0.05, 0) is 13.3 Å². The van der Waals surface area contributed by atoms with Gasteiger partial charge >= 0.3 is 0 Å². The Kier molecular flexibility index (Phi) is 7.61. The van der Waals surface area contributed by atoms with Gasteiger partial charge in [0.25, 0.3) is 0 Å². The maximum Gasteiger partial charge on any atom is 0.218 e. The molecule has 4 heteroatoms. The minimum Gasteiger partial charge on any atom is -0.386 e. The maximum absolute atomic E-state index is 9.86. The van der Waals surface area contributed by atoms with Crippen molar-refractivity contribution in [3.8, 4) is 0 Å². The van der Waals surface area contributed by atoms with Gasteiger partial charge < -0.3 is 5.11 Å². The van der Waals surface area contributed by atoms with E-state index in [1.54, 1.807) is 6.92 Å². The van der Waals surface area contributed by atoms with Crippen LogP contribution in [0.2, 0.25) is 0 Å². The van der Waals surface area contributed by atoms with Crippen LogP contribution in [0.4, 0.5) is 0 Å². The summed E-state index contributed by atoms with van der Waals surface area (Å²) in [5.41, 5.74) is -1.22. The van der Waals surface area contributed by atoms with Crippen molar-refractivity contribution in [2.24, 2.45) is 0 Å². The first kappa shape index (κ1) is 15.8. The second-order valence-electron chi connectivity index (χ2n) is 4.29. The summed E-state index contributed by atoms with van der Waals surface area (Å²) in [6.45, 7) is 3.76. The zero-order chi connectivity index (χ0) is 11.9. The van der Waals surface area contributed by atoms with E-state index < -0.39 is 9.39 Å². The first-order valence-electron chi connectivity index (χ1n) is 5.60. The van der Waals surface area contributed by atoms with E-state index in [4.69, 9.17) is 34.8 Å². The van der Waals surface area contributed by atoms with Crippen LogP contribution >= 0.6 is 34.8 Å². The van der Waals surface area contributed by atoms with Crippen LogP contribution in [0.5, 0.6) is 0 Å². The Morgan fingerprint density at radius 3 is 1.87 bits per heavy atom. The fourth-order valence-electron chi connectivity index (χ4n) is 1.39. The number of hydrogen-bond acceptors (Lipinski definition) is 1. The standard InChI is InChI=1S/C11H21Cl3O/c1-3-4-5-6-7-8-9-10(2,15)11(12,13)14/h15H,3-9H2,1-2H3. The average Bonchev–Trinajstić information content (AvgIpc) is 2.09. The molecule has 92 valence electrons. The molecule has 1 N–H and O–H groups in total. The van der Waals surface area contributed by atoms with Gasteiger partial charge in [-0.3, -0.25) is 0 Å². The molecule has 0 spiro atoms. The number of rotatable bonds is 7. The van der Waals surface area contributed by atoms with E-state index in [1.165, 1.54) is 25.7 Å². The third kappa shape index (κ3) is 6.88. The highest BCUT2D eigenvalue weighted by molar-refractivity contribution is 6.68. The van der Waals surface area contributed by atoms with Gasteiger partial charge in [0.15, 0.2) is 0 Å². The Bertz CT molecular complexity index is 164. The lowest BCUT2D eigenvalue weighted by Crippen LogP contribution is -2.39. The topological polar surface area (TPSA) is 20.2 Å². The molecule has 0 aliphatic heterocycles. The molecule has 15 heavy (non-hydrogen) atoms. The SMILES string of the molecule is CCCCCCCCC(C)(O)C(Cl)(Cl)Cl. The van der Waals surface area contributed by atoms with Crippen LogP contribution in [0.15, 0.2) is 0 Å². The van der Waals surface area contributed by atoms with Crippen molar-refractivity contribution in [1.82, 2.24) is 0 Å². The molecule has 0 saturated carbocycles. The Morgan fingerprint density at radius 1 is 0.933 bits per heavy atom. The lowest BCUT2D eigenvalue weighted by molar-refractivity contribution is 0.0519. The second-order valence-corrected chi connectivity index (χ2v) is 6.57. The van der Waals surface area contributed by atoms with Gasteiger partial charge in [0.2, 0.25) is 3.79 Å². The fourth-order valence-corrected chi connectivity index (χ4v) is 1.67. The van der Waals surface area contributed by atoms with Crippen LogP contribution in [0.1, 0.15) is 58.8 Å². The Morgan fingerprint density at radius 2 is 1.40 bits per heavy atom. The molecule has 0 saturated heterocycles. The lowest BCUT2D eigenvalue weighted by atomic mass is 9.99. The summed E-state index contributed by atoms with van der Waals surface area (Å²) in [6, 6.07) is 0. The maximum atomic E-state index is 9.86. The molecule has 0 aliphatic rings. The zero-order valence-corrected chi connectivity index (χ0v) is 11.8. The van der Waals surface area contributed by atoms with Crippen molar-refractivity contribution in [3.63, 3.8) is 0 Å². The molecule has 0 aromatic heterocycles. The Hall–Kier alpha value is 0.830. The van der Waals surface area contributed by atoms with Gasteiger partial charge in [-0.2, -0.15) is 0 Å². The Labute approximate surface area is 108 Å². The molecule has 0 aliphatic carbocycles. The van der Waals surface area contributed by atoms with Crippen molar-refractivity contribution in [2.45, 2.75) is 68.2 Å². The molecule has 0 amide bonds. The second kappa shape index (κ2) is 7.21. The summed E-state index contributed by atoms with van der Waals surface area (Å²) in [5, 5.41) is 9.86. The number of halogens is 3. The average molecular weight is 276 g/mol. The van der Waals surface area contributed by atoms with Gasteiger partial charge in [-0.1, -0.05) is 80.3 Å². The molecule has 0 aromatic rings. The van der Waals surface area contributed by atoms with Crippen LogP contribution in [-0.4, -0.2) is 14.5 Å². The van der Waals surface area contributed by atoms with Crippen LogP contribution < -0.4 is 0 Å². The van der Waals surface area contributed by atoms with Gasteiger partial charge in [-0.15, -0.1) is 0 Å². The van der Waals surface area contributed by atoms with Crippen molar-refractivity contribution < 1.29 is 5.11 Å². The minimum atomic E-state index is -1.59. The summed E-state index contributed by atoms with van der Waals surface area (Å²) in [7, 11) is 0. The highest BCUT2D eigenvalue weighted by Gasteiger charge is 2.41. The number of alkyl halides is 3. The molecule has 0 aromatic carbocycles. The molecule has 0 fully saturated rings. The zero-order valence-electron chi connectivity index (χ0n) is 9.53.